The van der Waals surface area contributed by atoms with E-state index in [0.717, 1.165) is 21.8 Å². The molecule has 1 atom stereocenters. The minimum absolute atomic E-state index is 0.110. The Bertz CT molecular complexity index is 1280. The van der Waals surface area contributed by atoms with Gasteiger partial charge in [-0.05, 0) is 54.8 Å². The highest BCUT2D eigenvalue weighted by atomic mass is 32.1. The van der Waals surface area contributed by atoms with Crippen LogP contribution in [0.4, 0.5) is 5.69 Å². The maximum absolute atomic E-state index is 12.4. The first-order chi connectivity index (χ1) is 17.4. The van der Waals surface area contributed by atoms with E-state index in [-0.39, 0.29) is 30.9 Å². The molecule has 1 aromatic heterocycles. The number of esters is 1. The number of carbonyl (C=O) groups is 2. The number of thiazole rings is 1. The van der Waals surface area contributed by atoms with E-state index in [1.807, 2.05) is 30.3 Å². The van der Waals surface area contributed by atoms with Gasteiger partial charge < -0.3 is 15.4 Å². The van der Waals surface area contributed by atoms with Gasteiger partial charge in [0.25, 0.3) is 5.91 Å². The smallest absolute Gasteiger partial charge is 0.307 e. The molecule has 0 saturated heterocycles. The summed E-state index contributed by atoms with van der Waals surface area (Å²) in [4.78, 5) is 28.6. The lowest BCUT2D eigenvalue weighted by Crippen LogP contribution is -2.26. The first kappa shape index (κ1) is 25.4. The highest BCUT2D eigenvalue weighted by Crippen LogP contribution is 2.32. The normalized spacial score (nSPS) is 11.9. The maximum atomic E-state index is 12.4. The lowest BCUT2D eigenvalue weighted by atomic mass is 9.95. The number of rotatable bonds is 10. The molecule has 186 valence electrons. The number of nitrogens with one attached hydrogen (secondary N) is 2. The molecule has 0 saturated carbocycles. The first-order valence-corrected chi connectivity index (χ1v) is 13.0. The van der Waals surface area contributed by atoms with Crippen LogP contribution in [-0.2, 0) is 9.53 Å². The van der Waals surface area contributed by atoms with Crippen molar-refractivity contribution in [2.75, 3.05) is 18.5 Å². The molecule has 6 nitrogen and oxygen atoms in total. The summed E-state index contributed by atoms with van der Waals surface area (Å²) in [7, 11) is 0. The Balaban J connectivity index is 1.40. The first-order valence-electron chi connectivity index (χ1n) is 12.2. The summed E-state index contributed by atoms with van der Waals surface area (Å²) in [6.07, 6.45) is 0.160. The third-order valence-electron chi connectivity index (χ3n) is 5.87. The molecule has 7 heteroatoms. The van der Waals surface area contributed by atoms with Crippen LogP contribution in [0.25, 0.3) is 20.8 Å². The molecule has 3 aromatic carbocycles. The molecule has 0 radical (unpaired) electrons. The average molecular weight is 502 g/mol. The Labute approximate surface area is 215 Å². The monoisotopic (exact) mass is 501 g/mol. The molecule has 0 aliphatic rings. The average Bonchev–Trinajstić information content (AvgIpc) is 3.32. The molecule has 4 aromatic rings. The number of benzene rings is 3. The van der Waals surface area contributed by atoms with Crippen molar-refractivity contribution in [2.45, 2.75) is 33.2 Å². The van der Waals surface area contributed by atoms with Gasteiger partial charge in [0.15, 0.2) is 0 Å². The zero-order chi connectivity index (χ0) is 25.5. The van der Waals surface area contributed by atoms with E-state index in [0.29, 0.717) is 18.1 Å². The van der Waals surface area contributed by atoms with Crippen molar-refractivity contribution in [3.05, 3.63) is 83.9 Å². The number of carbonyl (C=O) groups excluding carboxylic acids is 2. The van der Waals surface area contributed by atoms with Crippen molar-refractivity contribution in [2.24, 2.45) is 5.92 Å². The van der Waals surface area contributed by atoms with Crippen molar-refractivity contribution in [3.8, 4) is 10.6 Å². The van der Waals surface area contributed by atoms with Crippen LogP contribution in [0.15, 0.2) is 72.8 Å². The number of ether oxygens (including phenoxy) is 1. The predicted molar refractivity (Wildman–Crippen MR) is 146 cm³/mol. The number of hydrogen-bond donors (Lipinski definition) is 2. The molecule has 4 rings (SSSR count). The molecule has 1 amide bonds. The highest BCUT2D eigenvalue weighted by Gasteiger charge is 2.17. The van der Waals surface area contributed by atoms with Crippen LogP contribution < -0.4 is 10.6 Å². The Morgan fingerprint density at radius 2 is 1.69 bits per heavy atom. The number of fused-ring (bicyclic) bond motifs is 1. The van der Waals surface area contributed by atoms with Gasteiger partial charge >= 0.3 is 5.97 Å². The third-order valence-corrected chi connectivity index (χ3v) is 6.95. The molecular formula is C29H31N3O3S. The van der Waals surface area contributed by atoms with E-state index < -0.39 is 0 Å². The molecule has 2 N–H and O–H groups in total. The van der Waals surface area contributed by atoms with Crippen LogP contribution in [0.3, 0.4) is 0 Å². The Morgan fingerprint density at radius 1 is 0.972 bits per heavy atom. The molecular weight excluding hydrogens is 470 g/mol. The number of hydrogen-bond acceptors (Lipinski definition) is 6. The van der Waals surface area contributed by atoms with Gasteiger partial charge in [-0.2, -0.15) is 0 Å². The standard InChI is InChI=1S/C29H31N3O3S/c1-4-35-26(33)17-18-30-28(34)21-13-15-23(16-14-21)31-27(19(2)3)20-9-11-22(12-10-20)29-32-24-7-5-6-8-25(24)36-29/h5-16,19,27,31H,4,17-18H2,1-3H3,(H,30,34)/t27-/m0/s1. The quantitative estimate of drug-likeness (QED) is 0.244. The van der Waals surface area contributed by atoms with Crippen molar-refractivity contribution >= 4 is 39.1 Å². The number of nitrogens with zero attached hydrogens (tertiary/aromatic N) is 1. The SMILES string of the molecule is CCOC(=O)CCNC(=O)c1ccc(N[C@H](c2ccc(-c3nc4ccccc4s3)cc2)C(C)C)cc1. The largest absolute Gasteiger partial charge is 0.466 e. The van der Waals surface area contributed by atoms with E-state index >= 15 is 0 Å². The van der Waals surface area contributed by atoms with E-state index in [2.05, 4.69) is 54.8 Å². The molecule has 0 aliphatic heterocycles. The Morgan fingerprint density at radius 3 is 2.36 bits per heavy atom. The molecule has 1 heterocycles. The summed E-state index contributed by atoms with van der Waals surface area (Å²) in [5.74, 6) is -0.175. The van der Waals surface area contributed by atoms with Gasteiger partial charge in [0.1, 0.15) is 5.01 Å². The van der Waals surface area contributed by atoms with Gasteiger partial charge in [-0.15, -0.1) is 11.3 Å². The number of aromatic nitrogens is 1. The minimum atomic E-state index is -0.315. The number of amides is 1. The molecule has 0 spiro atoms. The van der Waals surface area contributed by atoms with E-state index in [1.54, 1.807) is 30.4 Å². The second kappa shape index (κ2) is 11.8. The van der Waals surface area contributed by atoms with Crippen molar-refractivity contribution in [1.82, 2.24) is 10.3 Å². The van der Waals surface area contributed by atoms with E-state index in [1.165, 1.54) is 10.3 Å². The van der Waals surface area contributed by atoms with Gasteiger partial charge in [0, 0.05) is 23.4 Å². The van der Waals surface area contributed by atoms with Crippen LogP contribution in [0, 0.1) is 5.92 Å². The molecule has 0 aliphatic carbocycles. The van der Waals surface area contributed by atoms with Gasteiger partial charge in [0.05, 0.1) is 29.3 Å². The highest BCUT2D eigenvalue weighted by molar-refractivity contribution is 7.21. The molecule has 36 heavy (non-hydrogen) atoms. The summed E-state index contributed by atoms with van der Waals surface area (Å²) >= 11 is 1.70. The fourth-order valence-corrected chi connectivity index (χ4v) is 4.95. The fourth-order valence-electron chi connectivity index (χ4n) is 3.97. The van der Waals surface area contributed by atoms with Gasteiger partial charge in [-0.3, -0.25) is 9.59 Å². The topological polar surface area (TPSA) is 80.3 Å². The number of anilines is 1. The summed E-state index contributed by atoms with van der Waals surface area (Å²) in [6, 6.07) is 24.3. The van der Waals surface area contributed by atoms with Crippen LogP contribution in [0.5, 0.6) is 0 Å². The zero-order valence-corrected chi connectivity index (χ0v) is 21.6. The molecule has 0 fully saturated rings. The lowest BCUT2D eigenvalue weighted by molar-refractivity contribution is -0.142. The zero-order valence-electron chi connectivity index (χ0n) is 20.8. The predicted octanol–water partition coefficient (Wildman–Crippen LogP) is 6.46. The van der Waals surface area contributed by atoms with Crippen molar-refractivity contribution in [3.63, 3.8) is 0 Å². The van der Waals surface area contributed by atoms with Gasteiger partial charge in [0.2, 0.25) is 0 Å². The van der Waals surface area contributed by atoms with Crippen LogP contribution >= 0.6 is 11.3 Å². The maximum Gasteiger partial charge on any atom is 0.307 e. The third kappa shape index (κ3) is 6.29. The summed E-state index contributed by atoms with van der Waals surface area (Å²) in [5.41, 5.74) is 4.81. The van der Waals surface area contributed by atoms with Crippen LogP contribution in [0.1, 0.15) is 49.2 Å². The van der Waals surface area contributed by atoms with E-state index in [9.17, 15) is 9.59 Å². The fraction of sp³-hybridized carbons (Fsp3) is 0.276. The molecule has 0 bridgehead atoms. The second-order valence-corrected chi connectivity index (χ2v) is 9.89. The summed E-state index contributed by atoms with van der Waals surface area (Å²) < 4.78 is 6.07. The van der Waals surface area contributed by atoms with Gasteiger partial charge in [-0.1, -0.05) is 50.2 Å². The van der Waals surface area contributed by atoms with Crippen molar-refractivity contribution in [1.29, 1.82) is 0 Å². The second-order valence-electron chi connectivity index (χ2n) is 8.86. The van der Waals surface area contributed by atoms with Crippen molar-refractivity contribution < 1.29 is 14.3 Å². The minimum Gasteiger partial charge on any atom is -0.466 e. The Kier molecular flexibility index (Phi) is 8.33. The van der Waals surface area contributed by atoms with Crippen LogP contribution in [-0.4, -0.2) is 30.0 Å². The summed E-state index contributed by atoms with van der Waals surface area (Å²) in [5, 5.41) is 7.38. The number of para-hydroxylation sites is 1. The Hall–Kier alpha value is -3.71. The summed E-state index contributed by atoms with van der Waals surface area (Å²) in [6.45, 7) is 6.72. The molecule has 0 unspecified atom stereocenters. The van der Waals surface area contributed by atoms with Gasteiger partial charge in [-0.25, -0.2) is 4.98 Å². The lowest BCUT2D eigenvalue weighted by Gasteiger charge is -2.24. The van der Waals surface area contributed by atoms with E-state index in [4.69, 9.17) is 9.72 Å². The van der Waals surface area contributed by atoms with Crippen LogP contribution in [0.2, 0.25) is 0 Å².